The molecule has 2 aliphatic rings. The van der Waals surface area contributed by atoms with Crippen LogP contribution in [0.15, 0.2) is 0 Å². The smallest absolute Gasteiger partial charge is 0.0909 e. The summed E-state index contributed by atoms with van der Waals surface area (Å²) in [6, 6.07) is 0. The van der Waals surface area contributed by atoms with E-state index in [1.807, 2.05) is 0 Å². The van der Waals surface area contributed by atoms with Crippen LogP contribution in [0.5, 0.6) is 0 Å². The Kier molecular flexibility index (Phi) is 3.85. The van der Waals surface area contributed by atoms with Gasteiger partial charge in [0.1, 0.15) is 0 Å². The maximum atomic E-state index is 10.2. The third-order valence-electron chi connectivity index (χ3n) is 3.62. The van der Waals surface area contributed by atoms with Crippen molar-refractivity contribution in [1.29, 1.82) is 0 Å². The minimum absolute atomic E-state index is 0.359. The molecule has 2 rings (SSSR count). The molecule has 2 heterocycles. The summed E-state index contributed by atoms with van der Waals surface area (Å²) in [5.41, 5.74) is -0.529. The van der Waals surface area contributed by atoms with Gasteiger partial charge in [0.15, 0.2) is 0 Å². The van der Waals surface area contributed by atoms with E-state index in [1.54, 1.807) is 0 Å². The van der Waals surface area contributed by atoms with Crippen LogP contribution in [0.1, 0.15) is 26.2 Å². The van der Waals surface area contributed by atoms with Crippen LogP contribution in [0, 0.1) is 0 Å². The van der Waals surface area contributed by atoms with E-state index in [0.29, 0.717) is 12.2 Å². The van der Waals surface area contributed by atoms with Crippen molar-refractivity contribution < 1.29 is 9.84 Å². The lowest BCUT2D eigenvalue weighted by Gasteiger charge is -2.29. The fourth-order valence-corrected chi connectivity index (χ4v) is 2.80. The molecular formula is C12H24N2O2. The lowest BCUT2D eigenvalue weighted by Crippen LogP contribution is -2.45. The molecule has 4 heteroatoms. The monoisotopic (exact) mass is 228 g/mol. The Morgan fingerprint density at radius 2 is 2.31 bits per heavy atom. The molecule has 0 aromatic rings. The van der Waals surface area contributed by atoms with Crippen LogP contribution in [-0.2, 0) is 4.74 Å². The minimum Gasteiger partial charge on any atom is -0.387 e. The standard InChI is InChI=1S/C12H24N2O2/c1-10-3-4-11(16-10)7-14(2)9-12(15)5-6-13-8-12/h10-11,13,15H,3-9H2,1-2H3. The van der Waals surface area contributed by atoms with Crippen molar-refractivity contribution in [3.63, 3.8) is 0 Å². The van der Waals surface area contributed by atoms with Gasteiger partial charge >= 0.3 is 0 Å². The average Bonchev–Trinajstić information content (AvgIpc) is 2.75. The number of ether oxygens (including phenoxy) is 1. The summed E-state index contributed by atoms with van der Waals surface area (Å²) >= 11 is 0. The maximum absolute atomic E-state index is 10.2. The third kappa shape index (κ3) is 3.17. The van der Waals surface area contributed by atoms with Crippen LogP contribution in [-0.4, -0.2) is 61.0 Å². The van der Waals surface area contributed by atoms with Gasteiger partial charge in [-0.25, -0.2) is 0 Å². The lowest BCUT2D eigenvalue weighted by atomic mass is 10.0. The van der Waals surface area contributed by atoms with Gasteiger partial charge in [0.05, 0.1) is 17.8 Å². The van der Waals surface area contributed by atoms with E-state index < -0.39 is 5.60 Å². The normalized spacial score (nSPS) is 39.8. The first kappa shape index (κ1) is 12.3. The number of hydrogen-bond donors (Lipinski definition) is 2. The molecule has 0 amide bonds. The highest BCUT2D eigenvalue weighted by atomic mass is 16.5. The number of β-amino-alcohol motifs (C(OH)–C–C–N with tert-alkyl or cyclic N) is 1. The van der Waals surface area contributed by atoms with Crippen LogP contribution >= 0.6 is 0 Å². The molecule has 0 spiro atoms. The van der Waals surface area contributed by atoms with Gasteiger partial charge in [-0.15, -0.1) is 0 Å². The van der Waals surface area contributed by atoms with E-state index in [0.717, 1.165) is 39.0 Å². The van der Waals surface area contributed by atoms with Gasteiger partial charge in [-0.1, -0.05) is 0 Å². The molecule has 2 N–H and O–H groups in total. The summed E-state index contributed by atoms with van der Waals surface area (Å²) in [4.78, 5) is 2.20. The zero-order valence-electron chi connectivity index (χ0n) is 10.4. The second kappa shape index (κ2) is 5.00. The lowest BCUT2D eigenvalue weighted by molar-refractivity contribution is -0.00129. The molecule has 2 fully saturated rings. The number of likely N-dealkylation sites (N-methyl/N-ethyl adjacent to an activating group) is 1. The van der Waals surface area contributed by atoms with Gasteiger partial charge in [-0.3, -0.25) is 0 Å². The summed E-state index contributed by atoms with van der Waals surface area (Å²) in [5.74, 6) is 0. The molecule has 3 atom stereocenters. The minimum atomic E-state index is -0.529. The molecule has 0 aromatic heterocycles. The Morgan fingerprint density at radius 1 is 1.50 bits per heavy atom. The first-order chi connectivity index (χ1) is 7.57. The zero-order valence-corrected chi connectivity index (χ0v) is 10.4. The molecule has 0 saturated carbocycles. The zero-order chi connectivity index (χ0) is 11.6. The van der Waals surface area contributed by atoms with E-state index in [4.69, 9.17) is 4.74 Å². The van der Waals surface area contributed by atoms with Gasteiger partial charge in [-0.2, -0.15) is 0 Å². The number of nitrogens with zero attached hydrogens (tertiary/aromatic N) is 1. The van der Waals surface area contributed by atoms with Gasteiger partial charge in [-0.05, 0) is 39.8 Å². The number of aliphatic hydroxyl groups is 1. The Hall–Kier alpha value is -0.160. The number of hydrogen-bond acceptors (Lipinski definition) is 4. The van der Waals surface area contributed by atoms with Gasteiger partial charge < -0.3 is 20.1 Å². The molecule has 0 bridgehead atoms. The third-order valence-corrected chi connectivity index (χ3v) is 3.62. The van der Waals surface area contributed by atoms with Crippen molar-refractivity contribution in [2.24, 2.45) is 0 Å². The van der Waals surface area contributed by atoms with Gasteiger partial charge in [0, 0.05) is 19.6 Å². The fraction of sp³-hybridized carbons (Fsp3) is 1.00. The molecule has 0 aliphatic carbocycles. The van der Waals surface area contributed by atoms with Crippen LogP contribution in [0.3, 0.4) is 0 Å². The molecule has 0 radical (unpaired) electrons. The van der Waals surface area contributed by atoms with Crippen LogP contribution in [0.25, 0.3) is 0 Å². The Labute approximate surface area is 98.0 Å². The Bertz CT molecular complexity index is 229. The van der Waals surface area contributed by atoms with Crippen molar-refractivity contribution in [3.05, 3.63) is 0 Å². The molecule has 94 valence electrons. The molecule has 3 unspecified atom stereocenters. The van der Waals surface area contributed by atoms with Crippen molar-refractivity contribution in [3.8, 4) is 0 Å². The molecule has 2 saturated heterocycles. The van der Waals surface area contributed by atoms with Crippen LogP contribution < -0.4 is 5.32 Å². The summed E-state index contributed by atoms with van der Waals surface area (Å²) in [6.07, 6.45) is 3.96. The van der Waals surface area contributed by atoms with Crippen LogP contribution in [0.2, 0.25) is 0 Å². The average molecular weight is 228 g/mol. The number of nitrogens with one attached hydrogen (secondary N) is 1. The first-order valence-electron chi connectivity index (χ1n) is 6.34. The molecule has 2 aliphatic heterocycles. The van der Waals surface area contributed by atoms with Crippen molar-refractivity contribution in [2.45, 2.75) is 44.0 Å². The maximum Gasteiger partial charge on any atom is 0.0909 e. The number of rotatable bonds is 4. The van der Waals surface area contributed by atoms with E-state index in [2.05, 4.69) is 24.2 Å². The predicted octanol–water partition coefficient (Wildman–Crippen LogP) is 0.210. The summed E-state index contributed by atoms with van der Waals surface area (Å²) < 4.78 is 5.79. The second-order valence-corrected chi connectivity index (χ2v) is 5.49. The Morgan fingerprint density at radius 3 is 2.88 bits per heavy atom. The highest BCUT2D eigenvalue weighted by Gasteiger charge is 2.33. The van der Waals surface area contributed by atoms with Crippen molar-refractivity contribution in [2.75, 3.05) is 33.2 Å². The van der Waals surface area contributed by atoms with E-state index in [-0.39, 0.29) is 0 Å². The van der Waals surface area contributed by atoms with Crippen molar-refractivity contribution in [1.82, 2.24) is 10.2 Å². The predicted molar refractivity (Wildman–Crippen MR) is 63.5 cm³/mol. The quantitative estimate of drug-likeness (QED) is 0.722. The topological polar surface area (TPSA) is 44.7 Å². The summed E-state index contributed by atoms with van der Waals surface area (Å²) in [6.45, 7) is 5.47. The van der Waals surface area contributed by atoms with Gasteiger partial charge in [0.2, 0.25) is 0 Å². The first-order valence-corrected chi connectivity index (χ1v) is 6.34. The molecule has 16 heavy (non-hydrogen) atoms. The summed E-state index contributed by atoms with van der Waals surface area (Å²) in [5, 5.41) is 13.5. The second-order valence-electron chi connectivity index (χ2n) is 5.49. The van der Waals surface area contributed by atoms with E-state index in [1.165, 1.54) is 6.42 Å². The SMILES string of the molecule is CC1CCC(CN(C)CC2(O)CCNC2)O1. The van der Waals surface area contributed by atoms with E-state index >= 15 is 0 Å². The van der Waals surface area contributed by atoms with E-state index in [9.17, 15) is 5.11 Å². The highest BCUT2D eigenvalue weighted by molar-refractivity contribution is 4.90. The summed E-state index contributed by atoms with van der Waals surface area (Å²) in [7, 11) is 2.07. The van der Waals surface area contributed by atoms with Crippen molar-refractivity contribution >= 4 is 0 Å². The highest BCUT2D eigenvalue weighted by Crippen LogP contribution is 2.21. The molecule has 0 aromatic carbocycles. The van der Waals surface area contributed by atoms with Crippen LogP contribution in [0.4, 0.5) is 0 Å². The largest absolute Gasteiger partial charge is 0.387 e. The fourth-order valence-electron chi connectivity index (χ4n) is 2.80. The Balaban J connectivity index is 1.73. The molecular weight excluding hydrogens is 204 g/mol. The molecule has 4 nitrogen and oxygen atoms in total. The van der Waals surface area contributed by atoms with Gasteiger partial charge in [0.25, 0.3) is 0 Å².